The van der Waals surface area contributed by atoms with Gasteiger partial charge in [-0.15, -0.1) is 0 Å². The average Bonchev–Trinajstić information content (AvgIpc) is 2.34. The molecule has 0 aliphatic heterocycles. The maximum atomic E-state index is 4.43. The van der Waals surface area contributed by atoms with Crippen molar-refractivity contribution in [1.29, 1.82) is 0 Å². The number of hydrogen-bond donors (Lipinski definition) is 2. The predicted octanol–water partition coefficient (Wildman–Crippen LogP) is 2.42. The highest BCUT2D eigenvalue weighted by molar-refractivity contribution is 9.10. The topological polar surface area (TPSA) is 53.1 Å². The summed E-state index contributed by atoms with van der Waals surface area (Å²) in [5.74, 6) is 1.53. The molecule has 1 aromatic rings. The summed E-state index contributed by atoms with van der Waals surface area (Å²) in [6.45, 7) is 4.98. The van der Waals surface area contributed by atoms with E-state index in [1.54, 1.807) is 6.20 Å². The van der Waals surface area contributed by atoms with E-state index in [9.17, 15) is 0 Å². The minimum absolute atomic E-state index is 0.676. The monoisotopic (exact) mass is 315 g/mol. The quantitative estimate of drug-likeness (QED) is 0.722. The Kier molecular flexibility index (Phi) is 6.97. The molecule has 1 heterocycles. The van der Waals surface area contributed by atoms with Gasteiger partial charge < -0.3 is 15.5 Å². The average molecular weight is 316 g/mol. The van der Waals surface area contributed by atoms with E-state index in [0.717, 1.165) is 42.8 Å². The largest absolute Gasteiger partial charge is 0.369 e. The van der Waals surface area contributed by atoms with Crippen LogP contribution < -0.4 is 10.6 Å². The minimum atomic E-state index is 0.676. The van der Waals surface area contributed by atoms with Crippen LogP contribution in [0.1, 0.15) is 19.8 Å². The fourth-order valence-electron chi connectivity index (χ4n) is 1.42. The Bertz CT molecular complexity index is 356. The molecule has 0 saturated heterocycles. The van der Waals surface area contributed by atoms with Crippen LogP contribution in [-0.2, 0) is 0 Å². The lowest BCUT2D eigenvalue weighted by atomic mass is 10.4. The third-order valence-corrected chi connectivity index (χ3v) is 2.93. The first-order chi connectivity index (χ1) is 8.63. The lowest BCUT2D eigenvalue weighted by Gasteiger charge is -2.12. The Morgan fingerprint density at radius 2 is 2.06 bits per heavy atom. The molecule has 0 atom stereocenters. The molecule has 1 rings (SSSR count). The Balaban J connectivity index is 2.47. The molecule has 0 aliphatic rings. The summed E-state index contributed by atoms with van der Waals surface area (Å²) < 4.78 is 0.898. The van der Waals surface area contributed by atoms with Gasteiger partial charge in [-0.25, -0.2) is 4.98 Å². The van der Waals surface area contributed by atoms with Gasteiger partial charge in [0, 0.05) is 19.3 Å². The van der Waals surface area contributed by atoms with E-state index >= 15 is 0 Å². The molecule has 0 radical (unpaired) electrons. The molecule has 5 nitrogen and oxygen atoms in total. The molecule has 0 aliphatic carbocycles. The summed E-state index contributed by atoms with van der Waals surface area (Å²) in [5.41, 5.74) is 0. The molecule has 18 heavy (non-hydrogen) atoms. The van der Waals surface area contributed by atoms with E-state index in [1.165, 1.54) is 0 Å². The second-order valence-corrected chi connectivity index (χ2v) is 5.25. The third kappa shape index (κ3) is 5.64. The van der Waals surface area contributed by atoms with Crippen LogP contribution in [0.3, 0.4) is 0 Å². The van der Waals surface area contributed by atoms with Crippen molar-refractivity contribution in [2.24, 2.45) is 0 Å². The van der Waals surface area contributed by atoms with Crippen LogP contribution >= 0.6 is 15.9 Å². The van der Waals surface area contributed by atoms with Gasteiger partial charge in [0.05, 0.1) is 4.47 Å². The Morgan fingerprint density at radius 3 is 2.72 bits per heavy atom. The molecule has 0 spiro atoms. The van der Waals surface area contributed by atoms with Crippen LogP contribution in [0.25, 0.3) is 0 Å². The third-order valence-electron chi connectivity index (χ3n) is 2.35. The van der Waals surface area contributed by atoms with Crippen LogP contribution in [0, 0.1) is 0 Å². The number of nitrogens with zero attached hydrogens (tertiary/aromatic N) is 3. The van der Waals surface area contributed by atoms with E-state index in [0.29, 0.717) is 5.95 Å². The molecule has 1 aromatic heterocycles. The van der Waals surface area contributed by atoms with Crippen molar-refractivity contribution < 1.29 is 0 Å². The fourth-order valence-corrected chi connectivity index (χ4v) is 1.75. The molecule has 0 unspecified atom stereocenters. The summed E-state index contributed by atoms with van der Waals surface area (Å²) in [6.07, 6.45) is 3.92. The second kappa shape index (κ2) is 8.26. The van der Waals surface area contributed by atoms with Gasteiger partial charge >= 0.3 is 0 Å². The van der Waals surface area contributed by atoms with E-state index in [1.807, 2.05) is 0 Å². The normalized spacial score (nSPS) is 10.7. The maximum absolute atomic E-state index is 4.43. The first-order valence-corrected chi connectivity index (χ1v) is 7.07. The number of aromatic nitrogens is 2. The summed E-state index contributed by atoms with van der Waals surface area (Å²) in [5, 5.41) is 6.50. The second-order valence-electron chi connectivity index (χ2n) is 4.40. The molecule has 0 fully saturated rings. The summed E-state index contributed by atoms with van der Waals surface area (Å²) in [6, 6.07) is 0. The molecule has 0 bridgehead atoms. The molecule has 0 amide bonds. The zero-order valence-corrected chi connectivity index (χ0v) is 12.9. The van der Waals surface area contributed by atoms with E-state index < -0.39 is 0 Å². The van der Waals surface area contributed by atoms with Gasteiger partial charge in [0.25, 0.3) is 0 Å². The van der Waals surface area contributed by atoms with Crippen molar-refractivity contribution in [3.63, 3.8) is 0 Å². The highest BCUT2D eigenvalue weighted by Gasteiger charge is 2.04. The van der Waals surface area contributed by atoms with Crippen molar-refractivity contribution in [3.8, 4) is 0 Å². The smallest absolute Gasteiger partial charge is 0.224 e. The number of rotatable bonds is 8. The van der Waals surface area contributed by atoms with Gasteiger partial charge in [0.1, 0.15) is 5.82 Å². The van der Waals surface area contributed by atoms with E-state index in [4.69, 9.17) is 0 Å². The zero-order chi connectivity index (χ0) is 13.4. The van der Waals surface area contributed by atoms with Crippen molar-refractivity contribution >= 4 is 27.7 Å². The van der Waals surface area contributed by atoms with Gasteiger partial charge in [-0.2, -0.15) is 4.98 Å². The summed E-state index contributed by atoms with van der Waals surface area (Å²) in [7, 11) is 4.15. The van der Waals surface area contributed by atoms with Crippen LogP contribution in [0.15, 0.2) is 10.7 Å². The lowest BCUT2D eigenvalue weighted by molar-refractivity contribution is 0.405. The number of hydrogen-bond acceptors (Lipinski definition) is 5. The first-order valence-electron chi connectivity index (χ1n) is 6.28. The Labute approximate surface area is 118 Å². The lowest BCUT2D eigenvalue weighted by Crippen LogP contribution is -2.17. The van der Waals surface area contributed by atoms with Gasteiger partial charge in [-0.1, -0.05) is 6.92 Å². The standard InChI is InChI=1S/C12H22BrN5/c1-4-6-15-12-16-9-10(13)11(17-12)14-7-5-8-18(2)3/h9H,4-8H2,1-3H3,(H2,14,15,16,17). The SMILES string of the molecule is CCCNc1ncc(Br)c(NCCCN(C)C)n1. The molecular formula is C12H22BrN5. The van der Waals surface area contributed by atoms with Crippen molar-refractivity contribution in [3.05, 3.63) is 10.7 Å². The van der Waals surface area contributed by atoms with E-state index in [2.05, 4.69) is 62.5 Å². The highest BCUT2D eigenvalue weighted by atomic mass is 79.9. The van der Waals surface area contributed by atoms with Crippen molar-refractivity contribution in [2.45, 2.75) is 19.8 Å². The van der Waals surface area contributed by atoms with Crippen LogP contribution in [0.4, 0.5) is 11.8 Å². The fraction of sp³-hybridized carbons (Fsp3) is 0.667. The molecular weight excluding hydrogens is 294 g/mol. The van der Waals surface area contributed by atoms with Gasteiger partial charge in [0.15, 0.2) is 0 Å². The Morgan fingerprint density at radius 1 is 1.28 bits per heavy atom. The Hall–Kier alpha value is -0.880. The zero-order valence-electron chi connectivity index (χ0n) is 11.3. The molecule has 0 saturated carbocycles. The van der Waals surface area contributed by atoms with Crippen molar-refractivity contribution in [2.75, 3.05) is 44.4 Å². The van der Waals surface area contributed by atoms with Gasteiger partial charge in [-0.3, -0.25) is 0 Å². The van der Waals surface area contributed by atoms with Gasteiger partial charge in [0.2, 0.25) is 5.95 Å². The molecule has 2 N–H and O–H groups in total. The number of nitrogens with one attached hydrogen (secondary N) is 2. The predicted molar refractivity (Wildman–Crippen MR) is 80.2 cm³/mol. The van der Waals surface area contributed by atoms with Gasteiger partial charge in [-0.05, 0) is 49.4 Å². The van der Waals surface area contributed by atoms with Crippen LogP contribution in [-0.4, -0.2) is 48.6 Å². The minimum Gasteiger partial charge on any atom is -0.369 e. The molecule has 102 valence electrons. The van der Waals surface area contributed by atoms with Crippen molar-refractivity contribution in [1.82, 2.24) is 14.9 Å². The first kappa shape index (κ1) is 15.2. The van der Waals surface area contributed by atoms with Crippen LogP contribution in [0.5, 0.6) is 0 Å². The maximum Gasteiger partial charge on any atom is 0.224 e. The number of anilines is 2. The van der Waals surface area contributed by atoms with E-state index in [-0.39, 0.29) is 0 Å². The van der Waals surface area contributed by atoms with Crippen LogP contribution in [0.2, 0.25) is 0 Å². The molecule has 0 aromatic carbocycles. The summed E-state index contributed by atoms with van der Waals surface area (Å²) >= 11 is 3.45. The molecule has 6 heteroatoms. The number of halogens is 1. The summed E-state index contributed by atoms with van der Waals surface area (Å²) in [4.78, 5) is 10.8. The highest BCUT2D eigenvalue weighted by Crippen LogP contribution is 2.19.